The number of carbonyl (C=O) groups is 2. The molecule has 9 heteroatoms. The second-order valence-electron chi connectivity index (χ2n) is 10.5. The molecule has 1 atom stereocenters. The Kier molecular flexibility index (Phi) is 5.67. The molecular weight excluding hydrogens is 454 g/mol. The van der Waals surface area contributed by atoms with Crippen LogP contribution in [0.15, 0.2) is 36.5 Å². The van der Waals surface area contributed by atoms with E-state index in [0.29, 0.717) is 17.2 Å². The van der Waals surface area contributed by atoms with Gasteiger partial charge in [0.2, 0.25) is 5.95 Å². The maximum absolute atomic E-state index is 12.9. The molecular formula is C27H33N7O2. The predicted molar refractivity (Wildman–Crippen MR) is 139 cm³/mol. The Labute approximate surface area is 210 Å². The summed E-state index contributed by atoms with van der Waals surface area (Å²) in [7, 11) is 2.08. The van der Waals surface area contributed by atoms with Gasteiger partial charge in [-0.25, -0.2) is 4.98 Å². The lowest BCUT2D eigenvalue weighted by atomic mass is 9.75. The summed E-state index contributed by atoms with van der Waals surface area (Å²) in [6.45, 7) is 5.42. The molecule has 1 unspecified atom stereocenters. The average molecular weight is 488 g/mol. The van der Waals surface area contributed by atoms with Crippen molar-refractivity contribution in [3.05, 3.63) is 47.8 Å². The molecule has 6 rings (SSSR count). The van der Waals surface area contributed by atoms with Crippen LogP contribution in [0, 0.1) is 0 Å². The minimum Gasteiger partial charge on any atom is -0.346 e. The smallest absolute Gasteiger partial charge is 0.268 e. The molecule has 2 fully saturated rings. The fraction of sp³-hybridized carbons (Fsp3) is 0.481. The molecule has 2 aromatic heterocycles. The first kappa shape index (κ1) is 23.0. The lowest BCUT2D eigenvalue weighted by molar-refractivity contribution is 0.0663. The quantitative estimate of drug-likeness (QED) is 0.588. The van der Waals surface area contributed by atoms with Gasteiger partial charge in [0, 0.05) is 55.1 Å². The predicted octanol–water partition coefficient (Wildman–Crippen LogP) is 3.35. The van der Waals surface area contributed by atoms with E-state index < -0.39 is 0 Å². The Morgan fingerprint density at radius 1 is 1.08 bits per heavy atom. The Balaban J connectivity index is 1.27. The summed E-state index contributed by atoms with van der Waals surface area (Å²) in [5.41, 5.74) is 2.81. The number of nitrogens with zero attached hydrogens (tertiary/aromatic N) is 5. The normalized spacial score (nSPS) is 21.9. The van der Waals surface area contributed by atoms with Gasteiger partial charge in [-0.1, -0.05) is 19.3 Å². The van der Waals surface area contributed by atoms with Crippen molar-refractivity contribution < 1.29 is 9.59 Å². The molecule has 36 heavy (non-hydrogen) atoms. The third-order valence-electron chi connectivity index (χ3n) is 8.27. The number of piperazine rings is 1. The number of likely N-dealkylation sites (N-methyl/N-ethyl adjacent to an activating group) is 1. The summed E-state index contributed by atoms with van der Waals surface area (Å²) in [5, 5.41) is 7.36. The van der Waals surface area contributed by atoms with Crippen LogP contribution in [0.4, 0.5) is 11.6 Å². The minimum absolute atomic E-state index is 0.0464. The zero-order valence-corrected chi connectivity index (χ0v) is 21.0. The number of aromatic nitrogens is 3. The topological polar surface area (TPSA) is 95.4 Å². The van der Waals surface area contributed by atoms with Gasteiger partial charge in [-0.15, -0.1) is 0 Å². The number of hydrogen-bond donors (Lipinski definition) is 2. The van der Waals surface area contributed by atoms with Gasteiger partial charge < -0.3 is 25.0 Å². The number of nitrogens with one attached hydrogen (secondary N) is 2. The van der Waals surface area contributed by atoms with Crippen molar-refractivity contribution >= 4 is 34.5 Å². The summed E-state index contributed by atoms with van der Waals surface area (Å²) in [6.07, 6.45) is 7.37. The highest BCUT2D eigenvalue weighted by Crippen LogP contribution is 2.43. The van der Waals surface area contributed by atoms with Gasteiger partial charge in [0.15, 0.2) is 0 Å². The van der Waals surface area contributed by atoms with E-state index in [2.05, 4.69) is 39.1 Å². The molecule has 1 saturated heterocycles. The van der Waals surface area contributed by atoms with Crippen molar-refractivity contribution in [2.75, 3.05) is 38.5 Å². The number of benzene rings is 1. The van der Waals surface area contributed by atoms with Crippen molar-refractivity contribution in [3.63, 3.8) is 0 Å². The molecule has 1 aliphatic carbocycles. The molecule has 2 aliphatic heterocycles. The van der Waals surface area contributed by atoms with Crippen molar-refractivity contribution in [1.82, 2.24) is 29.7 Å². The summed E-state index contributed by atoms with van der Waals surface area (Å²) in [5.74, 6) is 0.496. The van der Waals surface area contributed by atoms with Crippen LogP contribution in [0.5, 0.6) is 0 Å². The van der Waals surface area contributed by atoms with Gasteiger partial charge in [-0.2, -0.15) is 4.98 Å². The monoisotopic (exact) mass is 487 g/mol. The van der Waals surface area contributed by atoms with Crippen LogP contribution < -0.4 is 10.6 Å². The number of amides is 2. The Morgan fingerprint density at radius 2 is 1.81 bits per heavy atom. The SMILES string of the molecule is CC1NC(=O)c2cc3cnc(Nc4ccc(C(=O)N5CCN(C)CC5)cc4)nc3n2C12CCCCC2. The van der Waals surface area contributed by atoms with Crippen LogP contribution in [-0.2, 0) is 5.54 Å². The fourth-order valence-electron chi connectivity index (χ4n) is 6.10. The van der Waals surface area contributed by atoms with Crippen molar-refractivity contribution in [1.29, 1.82) is 0 Å². The zero-order chi connectivity index (χ0) is 24.9. The van der Waals surface area contributed by atoms with Gasteiger partial charge in [-0.3, -0.25) is 9.59 Å². The van der Waals surface area contributed by atoms with E-state index in [1.165, 1.54) is 6.42 Å². The Bertz CT molecular complexity index is 1300. The highest BCUT2D eigenvalue weighted by Gasteiger charge is 2.46. The standard InChI is InChI=1S/C27H33N7O2/c1-18-27(10-4-3-5-11-27)34-22(24(35)29-18)16-20-17-28-26(31-23(20)34)30-21-8-6-19(7-9-21)25(36)33-14-12-32(2)13-15-33/h6-9,16-18H,3-5,10-15H2,1-2H3,(H,29,35)(H,28,30,31). The van der Waals surface area contributed by atoms with Gasteiger partial charge in [0.25, 0.3) is 11.8 Å². The highest BCUT2D eigenvalue weighted by atomic mass is 16.2. The lowest BCUT2D eigenvalue weighted by Crippen LogP contribution is -2.58. The Hall–Kier alpha value is -3.46. The molecule has 1 aromatic carbocycles. The first-order valence-electron chi connectivity index (χ1n) is 13.0. The molecule has 4 heterocycles. The van der Waals surface area contributed by atoms with Gasteiger partial charge in [0.1, 0.15) is 11.3 Å². The van der Waals surface area contributed by atoms with E-state index in [9.17, 15) is 9.59 Å². The van der Waals surface area contributed by atoms with Crippen LogP contribution in [0.1, 0.15) is 59.9 Å². The van der Waals surface area contributed by atoms with Crippen LogP contribution >= 0.6 is 0 Å². The third kappa shape index (κ3) is 3.82. The van der Waals surface area contributed by atoms with E-state index in [4.69, 9.17) is 4.98 Å². The molecule has 1 spiro atoms. The summed E-state index contributed by atoms with van der Waals surface area (Å²) < 4.78 is 2.19. The minimum atomic E-state index is -0.153. The molecule has 0 bridgehead atoms. The van der Waals surface area contributed by atoms with Gasteiger partial charge >= 0.3 is 0 Å². The molecule has 1 saturated carbocycles. The number of carbonyl (C=O) groups excluding carboxylic acids is 2. The van der Waals surface area contributed by atoms with Crippen molar-refractivity contribution in [2.24, 2.45) is 0 Å². The number of fused-ring (bicyclic) bond motifs is 4. The van der Waals surface area contributed by atoms with E-state index >= 15 is 0 Å². The fourth-order valence-corrected chi connectivity index (χ4v) is 6.10. The lowest BCUT2D eigenvalue weighted by Gasteiger charge is -2.47. The third-order valence-corrected chi connectivity index (χ3v) is 8.27. The van der Waals surface area contributed by atoms with E-state index in [1.54, 1.807) is 6.20 Å². The maximum Gasteiger partial charge on any atom is 0.268 e. The van der Waals surface area contributed by atoms with Gasteiger partial charge in [0.05, 0.1) is 5.54 Å². The van der Waals surface area contributed by atoms with Crippen LogP contribution in [-0.4, -0.2) is 75.4 Å². The number of hydrogen-bond acceptors (Lipinski definition) is 6. The molecule has 2 N–H and O–H groups in total. The summed E-state index contributed by atoms with van der Waals surface area (Å²) in [4.78, 5) is 39.3. The van der Waals surface area contributed by atoms with Gasteiger partial charge in [-0.05, 0) is 57.1 Å². The highest BCUT2D eigenvalue weighted by molar-refractivity contribution is 5.99. The first-order chi connectivity index (χ1) is 17.4. The molecule has 2 amide bonds. The van der Waals surface area contributed by atoms with Crippen molar-refractivity contribution in [2.45, 2.75) is 50.6 Å². The van der Waals surface area contributed by atoms with E-state index in [1.807, 2.05) is 35.2 Å². The molecule has 3 aliphatic rings. The maximum atomic E-state index is 12.9. The molecule has 3 aromatic rings. The first-order valence-corrected chi connectivity index (χ1v) is 13.0. The Morgan fingerprint density at radius 3 is 2.53 bits per heavy atom. The summed E-state index contributed by atoms with van der Waals surface area (Å²) >= 11 is 0. The van der Waals surface area contributed by atoms with E-state index in [0.717, 1.165) is 68.6 Å². The van der Waals surface area contributed by atoms with E-state index in [-0.39, 0.29) is 23.4 Å². The second kappa shape index (κ2) is 8.89. The summed E-state index contributed by atoms with van der Waals surface area (Å²) in [6, 6.07) is 9.44. The van der Waals surface area contributed by atoms with Crippen LogP contribution in [0.25, 0.3) is 11.0 Å². The average Bonchev–Trinajstić information content (AvgIpc) is 3.29. The van der Waals surface area contributed by atoms with Crippen LogP contribution in [0.2, 0.25) is 0 Å². The largest absolute Gasteiger partial charge is 0.346 e. The molecule has 188 valence electrons. The zero-order valence-electron chi connectivity index (χ0n) is 21.0. The molecule has 0 radical (unpaired) electrons. The second-order valence-corrected chi connectivity index (χ2v) is 10.5. The number of anilines is 2. The number of rotatable bonds is 3. The van der Waals surface area contributed by atoms with Crippen LogP contribution in [0.3, 0.4) is 0 Å². The van der Waals surface area contributed by atoms with Crippen molar-refractivity contribution in [3.8, 4) is 0 Å². The molecule has 9 nitrogen and oxygen atoms in total.